The van der Waals surface area contributed by atoms with E-state index in [1.54, 1.807) is 30.3 Å². The van der Waals surface area contributed by atoms with E-state index in [1.165, 1.54) is 31.2 Å². The van der Waals surface area contributed by atoms with Gasteiger partial charge in [-0.25, -0.2) is 5.01 Å². The second-order valence-corrected chi connectivity index (χ2v) is 8.85. The van der Waals surface area contributed by atoms with Crippen molar-refractivity contribution in [1.29, 1.82) is 0 Å². The first-order chi connectivity index (χ1) is 16.3. The number of benzene rings is 2. The highest BCUT2D eigenvalue weighted by molar-refractivity contribution is 6.11. The summed E-state index contributed by atoms with van der Waals surface area (Å²) in [5, 5.41) is 12.8. The van der Waals surface area contributed by atoms with Gasteiger partial charge in [-0.05, 0) is 37.3 Å². The van der Waals surface area contributed by atoms with Crippen molar-refractivity contribution in [3.63, 3.8) is 0 Å². The predicted octanol–water partition coefficient (Wildman–Crippen LogP) is 3.03. The third kappa shape index (κ3) is 3.23. The fourth-order valence-electron chi connectivity index (χ4n) is 5.35. The molecule has 1 aliphatic heterocycles. The first kappa shape index (κ1) is 21.7. The molecule has 5 atom stereocenters. The number of hydrogen-bond acceptors (Lipinski definition) is 6. The molecule has 2 bridgehead atoms. The smallest absolute Gasteiger partial charge is 0.273 e. The zero-order valence-electron chi connectivity index (χ0n) is 18.2. The van der Waals surface area contributed by atoms with Gasteiger partial charge in [0.1, 0.15) is 6.04 Å². The van der Waals surface area contributed by atoms with E-state index in [1.807, 2.05) is 12.2 Å². The molecule has 0 unspecified atom stereocenters. The van der Waals surface area contributed by atoms with Crippen LogP contribution in [0.4, 0.5) is 5.69 Å². The summed E-state index contributed by atoms with van der Waals surface area (Å²) < 4.78 is 0. The van der Waals surface area contributed by atoms with E-state index in [4.69, 9.17) is 0 Å². The number of fused-ring (bicyclic) bond motifs is 5. The zero-order valence-corrected chi connectivity index (χ0v) is 18.2. The Balaban J connectivity index is 1.54. The number of hydrogen-bond donors (Lipinski definition) is 0. The number of imide groups is 1. The van der Waals surface area contributed by atoms with Gasteiger partial charge in [-0.1, -0.05) is 42.5 Å². The van der Waals surface area contributed by atoms with Gasteiger partial charge in [-0.2, -0.15) is 5.01 Å². The van der Waals surface area contributed by atoms with Crippen molar-refractivity contribution in [1.82, 2.24) is 10.0 Å². The van der Waals surface area contributed by atoms with Crippen LogP contribution in [0.2, 0.25) is 0 Å². The number of ketones is 1. The number of nitro benzene ring substituents is 1. The monoisotopic (exact) mass is 459 g/mol. The van der Waals surface area contributed by atoms with Crippen molar-refractivity contribution in [2.45, 2.75) is 19.4 Å². The number of amides is 3. The Bertz CT molecular complexity index is 1210. The molecule has 5 rings (SSSR count). The number of non-ortho nitro benzene ring substituents is 1. The summed E-state index contributed by atoms with van der Waals surface area (Å²) in [6.45, 7) is 1.47. The maximum absolute atomic E-state index is 13.6. The molecule has 2 aromatic rings. The van der Waals surface area contributed by atoms with Gasteiger partial charge in [0.05, 0.1) is 16.8 Å². The molecule has 2 fully saturated rings. The average molecular weight is 459 g/mol. The van der Waals surface area contributed by atoms with E-state index in [9.17, 15) is 29.3 Å². The number of carbonyl (C=O) groups excluding carboxylic acids is 4. The Hall–Kier alpha value is -4.14. The minimum atomic E-state index is -1.16. The molecule has 0 radical (unpaired) electrons. The fraction of sp³-hybridized carbons (Fsp3) is 0.280. The number of hydrazine groups is 1. The molecule has 9 heteroatoms. The van der Waals surface area contributed by atoms with E-state index in [-0.39, 0.29) is 23.1 Å². The molecule has 1 saturated heterocycles. The van der Waals surface area contributed by atoms with Crippen LogP contribution in [0.15, 0.2) is 66.7 Å². The highest BCUT2D eigenvalue weighted by Crippen LogP contribution is 2.53. The van der Waals surface area contributed by atoms with E-state index in [2.05, 4.69) is 0 Å². The molecule has 1 heterocycles. The lowest BCUT2D eigenvalue weighted by Crippen LogP contribution is -2.56. The summed E-state index contributed by atoms with van der Waals surface area (Å²) >= 11 is 0. The van der Waals surface area contributed by atoms with Crippen LogP contribution < -0.4 is 0 Å². The first-order valence-corrected chi connectivity index (χ1v) is 11.0. The zero-order chi connectivity index (χ0) is 24.1. The van der Waals surface area contributed by atoms with Gasteiger partial charge < -0.3 is 0 Å². The molecule has 0 N–H and O–H groups in total. The summed E-state index contributed by atoms with van der Waals surface area (Å²) in [6, 6.07) is 12.0. The van der Waals surface area contributed by atoms with Crippen molar-refractivity contribution in [3.8, 4) is 0 Å². The van der Waals surface area contributed by atoms with Crippen molar-refractivity contribution in [2.75, 3.05) is 0 Å². The lowest BCUT2D eigenvalue weighted by Gasteiger charge is -2.35. The topological polar surface area (TPSA) is 118 Å². The van der Waals surface area contributed by atoms with Gasteiger partial charge in [0.2, 0.25) is 0 Å². The van der Waals surface area contributed by atoms with Crippen LogP contribution in [-0.4, -0.2) is 44.5 Å². The summed E-state index contributed by atoms with van der Waals surface area (Å²) in [7, 11) is 0. The Morgan fingerprint density at radius 1 is 0.941 bits per heavy atom. The predicted molar refractivity (Wildman–Crippen MR) is 119 cm³/mol. The van der Waals surface area contributed by atoms with E-state index in [0.717, 1.165) is 16.4 Å². The normalized spacial score (nSPS) is 25.4. The minimum absolute atomic E-state index is 0.0251. The summed E-state index contributed by atoms with van der Waals surface area (Å²) in [5.74, 6) is -3.39. The van der Waals surface area contributed by atoms with E-state index >= 15 is 0 Å². The van der Waals surface area contributed by atoms with Crippen LogP contribution in [0.1, 0.15) is 34.1 Å². The Morgan fingerprint density at radius 2 is 1.50 bits per heavy atom. The van der Waals surface area contributed by atoms with Crippen molar-refractivity contribution in [3.05, 3.63) is 88.0 Å². The molecule has 9 nitrogen and oxygen atoms in total. The third-order valence-electron chi connectivity index (χ3n) is 7.00. The van der Waals surface area contributed by atoms with Crippen LogP contribution in [0.25, 0.3) is 0 Å². The number of nitro groups is 1. The lowest BCUT2D eigenvalue weighted by atomic mass is 9.85. The minimum Gasteiger partial charge on any atom is -0.292 e. The molecular formula is C25H21N3O6. The fourth-order valence-corrected chi connectivity index (χ4v) is 5.35. The maximum Gasteiger partial charge on any atom is 0.273 e. The number of rotatable bonds is 6. The van der Waals surface area contributed by atoms with Crippen molar-refractivity contribution >= 4 is 29.2 Å². The molecule has 1 saturated carbocycles. The van der Waals surface area contributed by atoms with Crippen molar-refractivity contribution in [2.24, 2.45) is 23.7 Å². The summed E-state index contributed by atoms with van der Waals surface area (Å²) in [5.41, 5.74) is 0.150. The van der Waals surface area contributed by atoms with Crippen LogP contribution in [0, 0.1) is 33.8 Å². The number of nitrogens with zero attached hydrogens (tertiary/aromatic N) is 3. The van der Waals surface area contributed by atoms with E-state index < -0.39 is 46.3 Å². The highest BCUT2D eigenvalue weighted by atomic mass is 16.6. The second-order valence-electron chi connectivity index (χ2n) is 8.85. The Kier molecular flexibility index (Phi) is 5.11. The van der Waals surface area contributed by atoms with Crippen LogP contribution in [-0.2, 0) is 9.59 Å². The van der Waals surface area contributed by atoms with Crippen LogP contribution in [0.3, 0.4) is 0 Å². The Morgan fingerprint density at radius 3 is 2.03 bits per heavy atom. The average Bonchev–Trinajstić information content (AvgIpc) is 3.54. The standard InChI is InChI=1S/C25H21N3O6/c1-14(22(29)15-5-3-2-4-6-15)26(23(30)16-9-11-19(12-10-16)28(33)34)27-24(31)20-17-7-8-18(13-17)21(20)25(27)32/h2-12,14,17-18,20-21H,13H2,1H3/t14-,17+,18+,20+,21+/m1/s1. The van der Waals surface area contributed by atoms with Crippen molar-refractivity contribution < 1.29 is 24.1 Å². The number of Topliss-reactive ketones (excluding diaryl/α,β-unsaturated/α-hetero) is 1. The third-order valence-corrected chi connectivity index (χ3v) is 7.00. The van der Waals surface area contributed by atoms with Gasteiger partial charge >= 0.3 is 0 Å². The lowest BCUT2D eigenvalue weighted by molar-refractivity contribution is -0.384. The molecule has 172 valence electrons. The Labute approximate surface area is 194 Å². The largest absolute Gasteiger partial charge is 0.292 e. The molecule has 2 aliphatic carbocycles. The molecule has 3 aliphatic rings. The van der Waals surface area contributed by atoms with Gasteiger partial charge in [-0.3, -0.25) is 29.3 Å². The first-order valence-electron chi connectivity index (χ1n) is 11.0. The summed E-state index contributed by atoms with van der Waals surface area (Å²) in [6.07, 6.45) is 4.62. The van der Waals surface area contributed by atoms with E-state index in [0.29, 0.717) is 5.56 Å². The van der Waals surface area contributed by atoms with Gasteiger partial charge in [0.15, 0.2) is 5.78 Å². The summed E-state index contributed by atoms with van der Waals surface area (Å²) in [4.78, 5) is 64.2. The quantitative estimate of drug-likeness (QED) is 0.215. The number of carbonyl (C=O) groups is 4. The van der Waals surface area contributed by atoms with Crippen LogP contribution >= 0.6 is 0 Å². The van der Waals surface area contributed by atoms with Gasteiger partial charge in [-0.15, -0.1) is 0 Å². The molecule has 34 heavy (non-hydrogen) atoms. The molecule has 3 amide bonds. The maximum atomic E-state index is 13.6. The highest BCUT2D eigenvalue weighted by Gasteiger charge is 2.61. The molecule has 2 aromatic carbocycles. The van der Waals surface area contributed by atoms with Gasteiger partial charge in [0, 0.05) is 23.3 Å². The van der Waals surface area contributed by atoms with Gasteiger partial charge in [0.25, 0.3) is 23.4 Å². The second kappa shape index (κ2) is 8.02. The number of allylic oxidation sites excluding steroid dienone is 2. The SMILES string of the molecule is C[C@H](C(=O)c1ccccc1)N(C(=O)c1ccc([N+](=O)[O-])cc1)N1C(=O)[C@@H]2[C@@H](C1=O)[C@H]1C=C[C@H]2C1. The molecule has 0 aromatic heterocycles. The molecular weight excluding hydrogens is 438 g/mol. The van der Waals surface area contributed by atoms with Crippen LogP contribution in [0.5, 0.6) is 0 Å². The molecule has 0 spiro atoms.